The Bertz CT molecular complexity index is 90.9. The van der Waals surface area contributed by atoms with Crippen LogP contribution in [0, 0.1) is 0 Å². The van der Waals surface area contributed by atoms with Crippen LogP contribution in [0.15, 0.2) is 0 Å². The number of aliphatic hydroxyl groups is 2. The van der Waals surface area contributed by atoms with Crippen molar-refractivity contribution in [1.29, 1.82) is 0 Å². The molecule has 0 atom stereocenters. The molecule has 0 bridgehead atoms. The van der Waals surface area contributed by atoms with Crippen LogP contribution in [0.25, 0.3) is 0 Å². The summed E-state index contributed by atoms with van der Waals surface area (Å²) in [5.41, 5.74) is 0. The minimum absolute atomic E-state index is 0.113. The minimum atomic E-state index is -0.348. The van der Waals surface area contributed by atoms with Gasteiger partial charge in [0.1, 0.15) is 6.61 Å². The molecular formula is C7H14O3. The Morgan fingerprint density at radius 2 is 1.80 bits per heavy atom. The first-order chi connectivity index (χ1) is 4.81. The number of ketones is 1. The summed E-state index contributed by atoms with van der Waals surface area (Å²) in [6.07, 6.45) is 2.83. The number of aliphatic hydroxyl groups excluding tert-OH is 2. The van der Waals surface area contributed by atoms with Gasteiger partial charge < -0.3 is 10.2 Å². The van der Waals surface area contributed by atoms with Gasteiger partial charge in [-0.15, -0.1) is 0 Å². The van der Waals surface area contributed by atoms with Crippen molar-refractivity contribution in [2.75, 3.05) is 13.2 Å². The second-order valence-electron chi connectivity index (χ2n) is 2.23. The largest absolute Gasteiger partial charge is 0.396 e. The molecule has 0 saturated carbocycles. The lowest BCUT2D eigenvalue weighted by Gasteiger charge is -1.95. The van der Waals surface area contributed by atoms with Crippen LogP contribution >= 0.6 is 0 Å². The molecule has 0 aromatic carbocycles. The van der Waals surface area contributed by atoms with E-state index in [0.717, 1.165) is 19.3 Å². The molecule has 2 N–H and O–H groups in total. The van der Waals surface area contributed by atoms with Crippen molar-refractivity contribution in [1.82, 2.24) is 0 Å². The van der Waals surface area contributed by atoms with E-state index in [1.807, 2.05) is 0 Å². The molecule has 0 aromatic rings. The summed E-state index contributed by atoms with van der Waals surface area (Å²) in [5.74, 6) is -0.113. The summed E-state index contributed by atoms with van der Waals surface area (Å²) in [7, 11) is 0. The number of hydrogen-bond acceptors (Lipinski definition) is 3. The monoisotopic (exact) mass is 146 g/mol. The van der Waals surface area contributed by atoms with Gasteiger partial charge in [0, 0.05) is 13.0 Å². The number of carbonyl (C=O) groups is 1. The first-order valence-corrected chi connectivity index (χ1v) is 3.54. The van der Waals surface area contributed by atoms with E-state index in [4.69, 9.17) is 10.2 Å². The van der Waals surface area contributed by atoms with Crippen molar-refractivity contribution >= 4 is 5.78 Å². The summed E-state index contributed by atoms with van der Waals surface area (Å²) in [4.78, 5) is 10.5. The van der Waals surface area contributed by atoms with E-state index < -0.39 is 0 Å². The van der Waals surface area contributed by atoms with Crippen molar-refractivity contribution in [3.63, 3.8) is 0 Å². The van der Waals surface area contributed by atoms with E-state index in [1.54, 1.807) is 0 Å². The van der Waals surface area contributed by atoms with Crippen LogP contribution in [0.2, 0.25) is 0 Å². The van der Waals surface area contributed by atoms with E-state index in [-0.39, 0.29) is 19.0 Å². The molecule has 10 heavy (non-hydrogen) atoms. The summed E-state index contributed by atoms with van der Waals surface area (Å²) < 4.78 is 0. The van der Waals surface area contributed by atoms with E-state index in [9.17, 15) is 4.79 Å². The fourth-order valence-corrected chi connectivity index (χ4v) is 0.690. The molecule has 0 unspecified atom stereocenters. The molecule has 3 nitrogen and oxygen atoms in total. The van der Waals surface area contributed by atoms with Gasteiger partial charge in [-0.05, 0) is 12.8 Å². The number of rotatable bonds is 6. The lowest BCUT2D eigenvalue weighted by Crippen LogP contribution is -2.02. The van der Waals surface area contributed by atoms with Crippen molar-refractivity contribution in [3.05, 3.63) is 0 Å². The van der Waals surface area contributed by atoms with Crippen LogP contribution in [0.4, 0.5) is 0 Å². The smallest absolute Gasteiger partial charge is 0.158 e. The Morgan fingerprint density at radius 1 is 1.10 bits per heavy atom. The topological polar surface area (TPSA) is 57.5 Å². The SMILES string of the molecule is O=C(CO)CCCCCO. The van der Waals surface area contributed by atoms with Gasteiger partial charge in [0.15, 0.2) is 5.78 Å². The highest BCUT2D eigenvalue weighted by Gasteiger charge is 1.97. The predicted molar refractivity (Wildman–Crippen MR) is 37.6 cm³/mol. The van der Waals surface area contributed by atoms with Gasteiger partial charge in [-0.1, -0.05) is 6.42 Å². The molecule has 0 fully saturated rings. The van der Waals surface area contributed by atoms with Gasteiger partial charge >= 0.3 is 0 Å². The quantitative estimate of drug-likeness (QED) is 0.522. The van der Waals surface area contributed by atoms with Crippen molar-refractivity contribution in [2.24, 2.45) is 0 Å². The first-order valence-electron chi connectivity index (χ1n) is 3.54. The molecule has 60 valence electrons. The van der Waals surface area contributed by atoms with Gasteiger partial charge in [-0.2, -0.15) is 0 Å². The maximum atomic E-state index is 10.5. The summed E-state index contributed by atoms with van der Waals surface area (Å²) >= 11 is 0. The molecule has 3 heteroatoms. The van der Waals surface area contributed by atoms with Crippen LogP contribution < -0.4 is 0 Å². The zero-order valence-corrected chi connectivity index (χ0v) is 6.05. The van der Waals surface area contributed by atoms with E-state index in [0.29, 0.717) is 6.42 Å². The Kier molecular flexibility index (Phi) is 6.43. The van der Waals surface area contributed by atoms with Gasteiger partial charge in [-0.25, -0.2) is 0 Å². The second kappa shape index (κ2) is 6.71. The van der Waals surface area contributed by atoms with Crippen LogP contribution in [-0.2, 0) is 4.79 Å². The van der Waals surface area contributed by atoms with E-state index in [2.05, 4.69) is 0 Å². The van der Waals surface area contributed by atoms with Crippen molar-refractivity contribution < 1.29 is 15.0 Å². The molecule has 0 aromatic heterocycles. The highest BCUT2D eigenvalue weighted by molar-refractivity contribution is 5.79. The third kappa shape index (κ3) is 5.72. The van der Waals surface area contributed by atoms with Crippen LogP contribution in [0.3, 0.4) is 0 Å². The molecular weight excluding hydrogens is 132 g/mol. The second-order valence-corrected chi connectivity index (χ2v) is 2.23. The Labute approximate surface area is 60.7 Å². The fourth-order valence-electron chi connectivity index (χ4n) is 0.690. The van der Waals surface area contributed by atoms with E-state index in [1.165, 1.54) is 0 Å². The third-order valence-electron chi connectivity index (χ3n) is 1.29. The number of Topliss-reactive ketones (excluding diaryl/α,β-unsaturated/α-hetero) is 1. The molecule has 0 spiro atoms. The molecule has 0 aliphatic carbocycles. The van der Waals surface area contributed by atoms with Crippen LogP contribution in [0.1, 0.15) is 25.7 Å². The van der Waals surface area contributed by atoms with Gasteiger partial charge in [0.05, 0.1) is 0 Å². The third-order valence-corrected chi connectivity index (χ3v) is 1.29. The fraction of sp³-hybridized carbons (Fsp3) is 0.857. The highest BCUT2D eigenvalue weighted by Crippen LogP contribution is 1.98. The summed E-state index contributed by atoms with van der Waals surface area (Å²) in [5, 5.41) is 16.6. The Balaban J connectivity index is 2.96. The molecule has 0 radical (unpaired) electrons. The highest BCUT2D eigenvalue weighted by atomic mass is 16.3. The Morgan fingerprint density at radius 3 is 2.30 bits per heavy atom. The number of carbonyl (C=O) groups excluding carboxylic acids is 1. The molecule has 0 amide bonds. The summed E-state index contributed by atoms with van der Waals surface area (Å²) in [6, 6.07) is 0. The molecule has 0 rings (SSSR count). The normalized spacial score (nSPS) is 9.80. The standard InChI is InChI=1S/C7H14O3/c8-5-3-1-2-4-7(10)6-9/h8-9H,1-6H2. The average molecular weight is 146 g/mol. The number of unbranched alkanes of at least 4 members (excludes halogenated alkanes) is 2. The van der Waals surface area contributed by atoms with Crippen LogP contribution in [0.5, 0.6) is 0 Å². The Hall–Kier alpha value is -0.410. The lowest BCUT2D eigenvalue weighted by molar-refractivity contribution is -0.121. The van der Waals surface area contributed by atoms with Crippen molar-refractivity contribution in [2.45, 2.75) is 25.7 Å². The molecule has 0 aliphatic heterocycles. The lowest BCUT2D eigenvalue weighted by atomic mass is 10.1. The van der Waals surface area contributed by atoms with Gasteiger partial charge in [0.2, 0.25) is 0 Å². The predicted octanol–water partition coefficient (Wildman–Crippen LogP) is 0.101. The average Bonchev–Trinajstić information content (AvgIpc) is 1.98. The van der Waals surface area contributed by atoms with Crippen molar-refractivity contribution in [3.8, 4) is 0 Å². The molecule has 0 heterocycles. The minimum Gasteiger partial charge on any atom is -0.396 e. The zero-order chi connectivity index (χ0) is 7.82. The zero-order valence-electron chi connectivity index (χ0n) is 6.05. The van der Waals surface area contributed by atoms with Gasteiger partial charge in [0.25, 0.3) is 0 Å². The van der Waals surface area contributed by atoms with E-state index >= 15 is 0 Å². The van der Waals surface area contributed by atoms with Crippen LogP contribution in [-0.4, -0.2) is 29.2 Å². The van der Waals surface area contributed by atoms with Gasteiger partial charge in [-0.3, -0.25) is 4.79 Å². The summed E-state index contributed by atoms with van der Waals surface area (Å²) in [6.45, 7) is -0.160. The molecule has 0 aliphatic rings. The molecule has 0 saturated heterocycles. The maximum Gasteiger partial charge on any atom is 0.158 e. The maximum absolute atomic E-state index is 10.5. The number of hydrogen-bond donors (Lipinski definition) is 2. The first kappa shape index (κ1) is 9.59.